The van der Waals surface area contributed by atoms with Gasteiger partial charge >= 0.3 is 0 Å². The number of rotatable bonds is 1. The van der Waals surface area contributed by atoms with Crippen molar-refractivity contribution >= 4 is 66.3 Å². The molecule has 12 rings (SSSR count). The first kappa shape index (κ1) is 26.9. The van der Waals surface area contributed by atoms with E-state index in [1.54, 1.807) is 0 Å². The van der Waals surface area contributed by atoms with Crippen LogP contribution in [0.25, 0.3) is 71.3 Å². The number of para-hydroxylation sites is 1. The summed E-state index contributed by atoms with van der Waals surface area (Å²) in [6.07, 6.45) is 0. The van der Waals surface area contributed by atoms with Crippen molar-refractivity contribution in [1.82, 2.24) is 4.57 Å². The molecule has 232 valence electrons. The monoisotopic (exact) mass is 653 g/mol. The minimum absolute atomic E-state index is 0.418. The van der Waals surface area contributed by atoms with Gasteiger partial charge in [0.25, 0.3) is 0 Å². The maximum atomic E-state index is 6.28. The van der Waals surface area contributed by atoms with Gasteiger partial charge in [-0.15, -0.1) is 0 Å². The van der Waals surface area contributed by atoms with Gasteiger partial charge in [-0.2, -0.15) is 0 Å². The molecule has 2 aliphatic rings. The van der Waals surface area contributed by atoms with Gasteiger partial charge < -0.3 is 8.98 Å². The first-order valence-corrected chi connectivity index (χ1v) is 18.0. The topological polar surface area (TPSA) is 18.1 Å². The fraction of sp³-hybridized carbons (Fsp3) is 0.0213. The first-order valence-electron chi connectivity index (χ1n) is 17.2. The van der Waals surface area contributed by atoms with Crippen LogP contribution in [0.1, 0.15) is 22.3 Å². The van der Waals surface area contributed by atoms with Gasteiger partial charge in [-0.3, -0.25) is 0 Å². The number of hydrogen-bond acceptors (Lipinski definition) is 2. The third kappa shape index (κ3) is 3.22. The van der Waals surface area contributed by atoms with Crippen LogP contribution in [0.3, 0.4) is 0 Å². The van der Waals surface area contributed by atoms with Crippen LogP contribution in [0.2, 0.25) is 0 Å². The highest BCUT2D eigenvalue weighted by Crippen LogP contribution is 2.63. The van der Waals surface area contributed by atoms with Crippen molar-refractivity contribution in [2.45, 2.75) is 15.2 Å². The number of benzene rings is 8. The van der Waals surface area contributed by atoms with Gasteiger partial charge in [0.1, 0.15) is 11.2 Å². The van der Waals surface area contributed by atoms with Crippen molar-refractivity contribution in [1.29, 1.82) is 0 Å². The van der Waals surface area contributed by atoms with Gasteiger partial charge in [0.2, 0.25) is 0 Å². The van der Waals surface area contributed by atoms with Crippen LogP contribution in [0.15, 0.2) is 178 Å². The molecule has 50 heavy (non-hydrogen) atoms. The molecule has 0 saturated heterocycles. The molecule has 8 aromatic carbocycles. The van der Waals surface area contributed by atoms with Gasteiger partial charge in [-0.1, -0.05) is 139 Å². The Kier molecular flexibility index (Phi) is 5.14. The number of nitrogens with zero attached hydrogens (tertiary/aromatic N) is 1. The van der Waals surface area contributed by atoms with Crippen molar-refractivity contribution in [3.8, 4) is 16.8 Å². The van der Waals surface area contributed by atoms with Crippen LogP contribution in [0.4, 0.5) is 0 Å². The number of fused-ring (bicyclic) bond motifs is 18. The average Bonchev–Trinajstić information content (AvgIpc) is 3.82. The lowest BCUT2D eigenvalue weighted by atomic mass is 9.67. The van der Waals surface area contributed by atoms with E-state index in [9.17, 15) is 0 Å². The Morgan fingerprint density at radius 2 is 1.16 bits per heavy atom. The second-order valence-electron chi connectivity index (χ2n) is 13.6. The summed E-state index contributed by atoms with van der Waals surface area (Å²) in [6, 6.07) is 60.5. The zero-order chi connectivity index (χ0) is 32.6. The fourth-order valence-electron chi connectivity index (χ4n) is 9.30. The normalized spacial score (nSPS) is 14.1. The lowest BCUT2D eigenvalue weighted by molar-refractivity contribution is 0.669. The summed E-state index contributed by atoms with van der Waals surface area (Å²) in [5.74, 6) is 0. The Bertz CT molecular complexity index is 3040. The maximum Gasteiger partial charge on any atom is 0.135 e. The SMILES string of the molecule is c1ccc2c(c1)Sc1c(ccc3c1c1ccc4ccccc4c1n3-c1ccc3oc4ccccc4c3c1)C21c2ccccc2-c2ccccc21. The van der Waals surface area contributed by atoms with Gasteiger partial charge in [0, 0.05) is 42.4 Å². The number of hydrogen-bond donors (Lipinski definition) is 0. The van der Waals surface area contributed by atoms with E-state index in [1.165, 1.54) is 75.7 Å². The van der Waals surface area contributed by atoms with Crippen LogP contribution in [-0.2, 0) is 5.41 Å². The van der Waals surface area contributed by atoms with Crippen molar-refractivity contribution in [3.63, 3.8) is 0 Å². The lowest BCUT2D eigenvalue weighted by Gasteiger charge is -2.40. The summed E-state index contributed by atoms with van der Waals surface area (Å²) in [5.41, 5.74) is 13.1. The lowest BCUT2D eigenvalue weighted by Crippen LogP contribution is -2.32. The molecule has 0 radical (unpaired) electrons. The van der Waals surface area contributed by atoms with Crippen LogP contribution < -0.4 is 0 Å². The zero-order valence-electron chi connectivity index (χ0n) is 26.9. The van der Waals surface area contributed by atoms with Crippen molar-refractivity contribution in [3.05, 3.63) is 186 Å². The molecule has 0 atom stereocenters. The fourth-order valence-corrected chi connectivity index (χ4v) is 10.6. The maximum absolute atomic E-state index is 6.28. The molecule has 3 heterocycles. The van der Waals surface area contributed by atoms with Crippen molar-refractivity contribution in [2.24, 2.45) is 0 Å². The summed E-state index contributed by atoms with van der Waals surface area (Å²) in [7, 11) is 0. The zero-order valence-corrected chi connectivity index (χ0v) is 27.7. The highest BCUT2D eigenvalue weighted by Gasteiger charge is 2.50. The summed E-state index contributed by atoms with van der Waals surface area (Å²) in [5, 5.41) is 7.34. The summed E-state index contributed by atoms with van der Waals surface area (Å²) in [6.45, 7) is 0. The van der Waals surface area contributed by atoms with E-state index in [0.717, 1.165) is 27.6 Å². The predicted octanol–water partition coefficient (Wildman–Crippen LogP) is 12.7. The van der Waals surface area contributed by atoms with E-state index in [0.29, 0.717) is 0 Å². The Hall–Kier alpha value is -6.03. The summed E-state index contributed by atoms with van der Waals surface area (Å²) < 4.78 is 8.77. The van der Waals surface area contributed by atoms with E-state index in [4.69, 9.17) is 4.42 Å². The predicted molar refractivity (Wildman–Crippen MR) is 207 cm³/mol. The van der Waals surface area contributed by atoms with Crippen LogP contribution in [0, 0.1) is 0 Å². The smallest absolute Gasteiger partial charge is 0.135 e. The Morgan fingerprint density at radius 3 is 2.00 bits per heavy atom. The number of furan rings is 1. The third-order valence-corrected chi connectivity index (χ3v) is 12.5. The molecular weight excluding hydrogens is 627 g/mol. The van der Waals surface area contributed by atoms with Crippen molar-refractivity contribution in [2.75, 3.05) is 0 Å². The van der Waals surface area contributed by atoms with E-state index >= 15 is 0 Å². The second kappa shape index (κ2) is 9.56. The van der Waals surface area contributed by atoms with Gasteiger partial charge in [-0.05, 0) is 75.2 Å². The standard InChI is InChI=1S/C47H27NOS/c1-2-12-30-28(11-1)21-23-34-44-40(48(45(30)34)29-22-26-42-35(27-29)33-15-5-9-19-41(33)49-42)25-24-39-46(44)50-43-20-10-8-18-38(43)47(39)36-16-6-3-13-31(36)32-14-4-7-17-37(32)47/h1-27H. The van der Waals surface area contributed by atoms with E-state index in [2.05, 4.69) is 162 Å². The quantitative estimate of drug-likeness (QED) is 0.175. The molecule has 0 bridgehead atoms. The molecule has 3 heteroatoms. The molecule has 0 N–H and O–H groups in total. The molecule has 1 aliphatic heterocycles. The molecular formula is C47H27NOS. The molecule has 0 unspecified atom stereocenters. The third-order valence-electron chi connectivity index (χ3n) is 11.2. The summed E-state index contributed by atoms with van der Waals surface area (Å²) >= 11 is 1.93. The molecule has 2 nitrogen and oxygen atoms in total. The molecule has 10 aromatic rings. The Morgan fingerprint density at radius 1 is 0.480 bits per heavy atom. The van der Waals surface area contributed by atoms with E-state index in [-0.39, 0.29) is 0 Å². The van der Waals surface area contributed by atoms with Gasteiger partial charge in [-0.25, -0.2) is 0 Å². The Balaban J connectivity index is 1.26. The minimum Gasteiger partial charge on any atom is -0.456 e. The molecule has 0 amide bonds. The average molecular weight is 654 g/mol. The highest BCUT2D eigenvalue weighted by atomic mass is 32.2. The highest BCUT2D eigenvalue weighted by molar-refractivity contribution is 7.99. The Labute approximate surface area is 292 Å². The minimum atomic E-state index is -0.418. The van der Waals surface area contributed by atoms with E-state index < -0.39 is 5.41 Å². The molecule has 1 aliphatic carbocycles. The van der Waals surface area contributed by atoms with Crippen molar-refractivity contribution < 1.29 is 4.42 Å². The second-order valence-corrected chi connectivity index (χ2v) is 14.6. The van der Waals surface area contributed by atoms with Crippen LogP contribution >= 0.6 is 11.8 Å². The molecule has 0 fully saturated rings. The largest absolute Gasteiger partial charge is 0.456 e. The van der Waals surface area contributed by atoms with Crippen LogP contribution in [-0.4, -0.2) is 4.57 Å². The summed E-state index contributed by atoms with van der Waals surface area (Å²) in [4.78, 5) is 2.65. The first-order chi connectivity index (χ1) is 24.8. The molecule has 0 saturated carbocycles. The molecule has 1 spiro atoms. The number of aromatic nitrogens is 1. The van der Waals surface area contributed by atoms with Gasteiger partial charge in [0.15, 0.2) is 0 Å². The van der Waals surface area contributed by atoms with Gasteiger partial charge in [0.05, 0.1) is 16.4 Å². The molecule has 2 aromatic heterocycles. The van der Waals surface area contributed by atoms with E-state index in [1.807, 2.05) is 17.8 Å². The van der Waals surface area contributed by atoms with Crippen LogP contribution in [0.5, 0.6) is 0 Å².